The standard InChI is InChI=1S/C11H22N2O/c1-8-4-9(2)6-10(5-8)13-7-11(14)12-3/h8-10,13H,4-7H2,1-3H3,(H,12,14). The van der Waals surface area contributed by atoms with E-state index in [0.29, 0.717) is 12.6 Å². The first-order valence-electron chi connectivity index (χ1n) is 5.55. The molecule has 1 fully saturated rings. The van der Waals surface area contributed by atoms with E-state index in [-0.39, 0.29) is 5.91 Å². The molecule has 3 nitrogen and oxygen atoms in total. The lowest BCUT2D eigenvalue weighted by molar-refractivity contribution is -0.119. The molecule has 0 radical (unpaired) electrons. The topological polar surface area (TPSA) is 41.1 Å². The van der Waals surface area contributed by atoms with Crippen molar-refractivity contribution in [1.82, 2.24) is 10.6 Å². The maximum absolute atomic E-state index is 11.0. The molecule has 1 rings (SSSR count). The Hall–Kier alpha value is -0.570. The minimum Gasteiger partial charge on any atom is -0.358 e. The lowest BCUT2D eigenvalue weighted by Gasteiger charge is -2.31. The Labute approximate surface area is 86.6 Å². The molecule has 1 saturated carbocycles. The van der Waals surface area contributed by atoms with Crippen LogP contribution in [0.4, 0.5) is 0 Å². The fourth-order valence-corrected chi connectivity index (χ4v) is 2.44. The second-order valence-electron chi connectivity index (χ2n) is 4.67. The molecule has 2 atom stereocenters. The molecule has 0 spiro atoms. The van der Waals surface area contributed by atoms with Gasteiger partial charge in [0, 0.05) is 13.1 Å². The minimum atomic E-state index is 0.0795. The highest BCUT2D eigenvalue weighted by Gasteiger charge is 2.23. The van der Waals surface area contributed by atoms with Gasteiger partial charge in [-0.2, -0.15) is 0 Å². The molecule has 3 heteroatoms. The third-order valence-electron chi connectivity index (χ3n) is 3.01. The first-order chi connectivity index (χ1) is 6.61. The van der Waals surface area contributed by atoms with E-state index in [1.54, 1.807) is 7.05 Å². The van der Waals surface area contributed by atoms with Crippen molar-refractivity contribution in [3.63, 3.8) is 0 Å². The van der Waals surface area contributed by atoms with Gasteiger partial charge in [0.1, 0.15) is 0 Å². The molecule has 14 heavy (non-hydrogen) atoms. The monoisotopic (exact) mass is 198 g/mol. The van der Waals surface area contributed by atoms with Crippen LogP contribution in [-0.4, -0.2) is 25.5 Å². The van der Waals surface area contributed by atoms with Gasteiger partial charge < -0.3 is 10.6 Å². The number of amides is 1. The molecular weight excluding hydrogens is 176 g/mol. The van der Waals surface area contributed by atoms with Gasteiger partial charge in [-0.1, -0.05) is 13.8 Å². The highest BCUT2D eigenvalue weighted by atomic mass is 16.1. The summed E-state index contributed by atoms with van der Waals surface area (Å²) in [6.45, 7) is 5.05. The molecule has 2 unspecified atom stereocenters. The Morgan fingerprint density at radius 1 is 1.21 bits per heavy atom. The Morgan fingerprint density at radius 3 is 2.29 bits per heavy atom. The number of hydrogen-bond acceptors (Lipinski definition) is 2. The van der Waals surface area contributed by atoms with Crippen LogP contribution in [0.1, 0.15) is 33.1 Å². The van der Waals surface area contributed by atoms with Crippen molar-refractivity contribution in [2.24, 2.45) is 11.8 Å². The number of carbonyl (C=O) groups is 1. The molecule has 0 aromatic heterocycles. The van der Waals surface area contributed by atoms with E-state index in [9.17, 15) is 4.79 Å². The molecule has 0 heterocycles. The SMILES string of the molecule is CNC(=O)CNC1CC(C)CC(C)C1. The van der Waals surface area contributed by atoms with E-state index in [1.807, 2.05) is 0 Å². The number of likely N-dealkylation sites (N-methyl/N-ethyl adjacent to an activating group) is 1. The van der Waals surface area contributed by atoms with E-state index in [4.69, 9.17) is 0 Å². The predicted octanol–water partition coefficient (Wildman–Crippen LogP) is 1.15. The van der Waals surface area contributed by atoms with Gasteiger partial charge in [0.2, 0.25) is 5.91 Å². The summed E-state index contributed by atoms with van der Waals surface area (Å²) in [6, 6.07) is 0.533. The lowest BCUT2D eigenvalue weighted by atomic mass is 9.80. The summed E-state index contributed by atoms with van der Waals surface area (Å²) in [4.78, 5) is 11.0. The Kier molecular flexibility index (Phi) is 4.39. The third-order valence-corrected chi connectivity index (χ3v) is 3.01. The largest absolute Gasteiger partial charge is 0.358 e. The van der Waals surface area contributed by atoms with Crippen molar-refractivity contribution in [1.29, 1.82) is 0 Å². The molecule has 0 saturated heterocycles. The summed E-state index contributed by atoms with van der Waals surface area (Å²) in [6.07, 6.45) is 3.75. The van der Waals surface area contributed by atoms with Crippen molar-refractivity contribution < 1.29 is 4.79 Å². The average molecular weight is 198 g/mol. The summed E-state index contributed by atoms with van der Waals surface area (Å²) in [5.74, 6) is 1.66. The van der Waals surface area contributed by atoms with Crippen molar-refractivity contribution in [2.75, 3.05) is 13.6 Å². The summed E-state index contributed by atoms with van der Waals surface area (Å²) in [7, 11) is 1.68. The average Bonchev–Trinajstić information content (AvgIpc) is 2.12. The second-order valence-corrected chi connectivity index (χ2v) is 4.67. The van der Waals surface area contributed by atoms with Crippen LogP contribution in [0.5, 0.6) is 0 Å². The molecule has 0 aromatic carbocycles. The zero-order chi connectivity index (χ0) is 10.6. The second kappa shape index (κ2) is 5.35. The van der Waals surface area contributed by atoms with Crippen LogP contribution in [0, 0.1) is 11.8 Å². The van der Waals surface area contributed by atoms with Gasteiger partial charge in [0.05, 0.1) is 6.54 Å². The first-order valence-corrected chi connectivity index (χ1v) is 5.55. The smallest absolute Gasteiger partial charge is 0.233 e. The number of nitrogens with one attached hydrogen (secondary N) is 2. The number of carbonyl (C=O) groups excluding carboxylic acids is 1. The van der Waals surface area contributed by atoms with Gasteiger partial charge in [-0.15, -0.1) is 0 Å². The molecule has 0 bridgehead atoms. The maximum Gasteiger partial charge on any atom is 0.233 e. The molecule has 82 valence electrons. The molecule has 2 N–H and O–H groups in total. The van der Waals surface area contributed by atoms with Crippen LogP contribution in [0.2, 0.25) is 0 Å². The Morgan fingerprint density at radius 2 is 1.79 bits per heavy atom. The number of hydrogen-bond donors (Lipinski definition) is 2. The fraction of sp³-hybridized carbons (Fsp3) is 0.909. The van der Waals surface area contributed by atoms with Crippen LogP contribution in [0.15, 0.2) is 0 Å². The lowest BCUT2D eigenvalue weighted by Crippen LogP contribution is -2.41. The summed E-state index contributed by atoms with van der Waals surface area (Å²) in [5.41, 5.74) is 0. The number of rotatable bonds is 3. The zero-order valence-electron chi connectivity index (χ0n) is 9.47. The van der Waals surface area contributed by atoms with E-state index < -0.39 is 0 Å². The molecule has 1 aliphatic carbocycles. The van der Waals surface area contributed by atoms with Gasteiger partial charge in [0.25, 0.3) is 0 Å². The molecule has 0 aromatic rings. The normalized spacial score (nSPS) is 32.6. The third kappa shape index (κ3) is 3.66. The molecule has 0 aliphatic heterocycles. The van der Waals surface area contributed by atoms with Gasteiger partial charge in [-0.3, -0.25) is 4.79 Å². The van der Waals surface area contributed by atoms with Gasteiger partial charge in [-0.05, 0) is 31.1 Å². The first kappa shape index (κ1) is 11.5. The molecule has 1 aliphatic rings. The van der Waals surface area contributed by atoms with E-state index >= 15 is 0 Å². The zero-order valence-corrected chi connectivity index (χ0v) is 9.47. The highest BCUT2D eigenvalue weighted by molar-refractivity contribution is 5.77. The van der Waals surface area contributed by atoms with Crippen molar-refractivity contribution >= 4 is 5.91 Å². The van der Waals surface area contributed by atoms with Crippen LogP contribution < -0.4 is 10.6 Å². The maximum atomic E-state index is 11.0. The van der Waals surface area contributed by atoms with Gasteiger partial charge >= 0.3 is 0 Å². The highest BCUT2D eigenvalue weighted by Crippen LogP contribution is 2.28. The summed E-state index contributed by atoms with van der Waals surface area (Å²) >= 11 is 0. The van der Waals surface area contributed by atoms with Crippen molar-refractivity contribution in [3.05, 3.63) is 0 Å². The van der Waals surface area contributed by atoms with Crippen molar-refractivity contribution in [2.45, 2.75) is 39.2 Å². The summed E-state index contributed by atoms with van der Waals surface area (Å²) in [5, 5.41) is 5.95. The Balaban J connectivity index is 2.26. The predicted molar refractivity (Wildman–Crippen MR) is 58.0 cm³/mol. The quantitative estimate of drug-likeness (QED) is 0.714. The van der Waals surface area contributed by atoms with E-state index in [1.165, 1.54) is 19.3 Å². The van der Waals surface area contributed by atoms with Gasteiger partial charge in [-0.25, -0.2) is 0 Å². The van der Waals surface area contributed by atoms with Gasteiger partial charge in [0.15, 0.2) is 0 Å². The molecule has 1 amide bonds. The van der Waals surface area contributed by atoms with E-state index in [0.717, 1.165) is 11.8 Å². The van der Waals surface area contributed by atoms with Crippen LogP contribution in [0.3, 0.4) is 0 Å². The summed E-state index contributed by atoms with van der Waals surface area (Å²) < 4.78 is 0. The molecular formula is C11H22N2O. The van der Waals surface area contributed by atoms with Crippen molar-refractivity contribution in [3.8, 4) is 0 Å². The fourth-order valence-electron chi connectivity index (χ4n) is 2.44. The van der Waals surface area contributed by atoms with E-state index in [2.05, 4.69) is 24.5 Å². The van der Waals surface area contributed by atoms with Crippen LogP contribution >= 0.6 is 0 Å². The Bertz CT molecular complexity index is 184. The van der Waals surface area contributed by atoms with Crippen LogP contribution in [0.25, 0.3) is 0 Å². The minimum absolute atomic E-state index is 0.0795. The van der Waals surface area contributed by atoms with Crippen LogP contribution in [-0.2, 0) is 4.79 Å².